The first kappa shape index (κ1) is 21.1. The number of piperidine rings is 1. The first-order valence-corrected chi connectivity index (χ1v) is 11.5. The fourth-order valence-electron chi connectivity index (χ4n) is 3.32. The Morgan fingerprint density at radius 1 is 1.34 bits per heavy atom. The summed E-state index contributed by atoms with van der Waals surface area (Å²) >= 11 is 1.07. The number of ether oxygens (including phenoxy) is 1. The first-order chi connectivity index (χ1) is 13.8. The molecule has 2 N–H and O–H groups in total. The number of nitrogens with zero attached hydrogens (tertiary/aromatic N) is 1. The van der Waals surface area contributed by atoms with Crippen molar-refractivity contribution in [2.45, 2.75) is 24.0 Å². The number of thiophene rings is 1. The number of hydrogen-bond donors (Lipinski definition) is 2. The summed E-state index contributed by atoms with van der Waals surface area (Å²) in [4.78, 5) is 25.8. The maximum absolute atomic E-state index is 12.4. The van der Waals surface area contributed by atoms with E-state index in [0.29, 0.717) is 31.8 Å². The van der Waals surface area contributed by atoms with Crippen LogP contribution in [0.5, 0.6) is 0 Å². The molecule has 1 aromatic heterocycles. The normalized spacial score (nSPS) is 17.0. The largest absolute Gasteiger partial charge is 0.478 e. The molecule has 0 bridgehead atoms. The number of carbonyl (C=O) groups is 2. The van der Waals surface area contributed by atoms with Gasteiger partial charge < -0.3 is 14.7 Å². The van der Waals surface area contributed by atoms with Gasteiger partial charge in [0.05, 0.1) is 23.8 Å². The van der Waals surface area contributed by atoms with E-state index in [1.54, 1.807) is 24.4 Å². The number of nitrogens with one attached hydrogen (secondary N) is 1. The Bertz CT molecular complexity index is 988. The maximum atomic E-state index is 12.4. The van der Waals surface area contributed by atoms with Crippen LogP contribution in [0, 0.1) is 5.92 Å². The number of esters is 1. The van der Waals surface area contributed by atoms with Gasteiger partial charge in [-0.3, -0.25) is 9.52 Å². The van der Waals surface area contributed by atoms with E-state index < -0.39 is 16.0 Å². The Hall–Kier alpha value is -2.59. The van der Waals surface area contributed by atoms with E-state index in [1.807, 2.05) is 4.90 Å². The van der Waals surface area contributed by atoms with Crippen LogP contribution in [0.4, 0.5) is 11.4 Å². The zero-order valence-electron chi connectivity index (χ0n) is 15.8. The molecule has 156 valence electrons. The molecule has 0 radical (unpaired) electrons. The highest BCUT2D eigenvalue weighted by Crippen LogP contribution is 2.30. The molecule has 0 aliphatic carbocycles. The van der Waals surface area contributed by atoms with Crippen molar-refractivity contribution in [3.05, 3.63) is 41.3 Å². The molecule has 1 saturated heterocycles. The number of aromatic carboxylic acids is 1. The second kappa shape index (κ2) is 8.83. The number of carbonyl (C=O) groups excluding carboxylic acids is 1. The fourth-order valence-corrected chi connectivity index (χ4v) is 5.36. The van der Waals surface area contributed by atoms with Crippen LogP contribution in [0.2, 0.25) is 0 Å². The molecule has 1 aliphatic rings. The number of hydrogen-bond acceptors (Lipinski definition) is 7. The van der Waals surface area contributed by atoms with E-state index in [1.165, 1.54) is 18.2 Å². The third-order valence-corrected chi connectivity index (χ3v) is 7.40. The third kappa shape index (κ3) is 4.88. The zero-order valence-corrected chi connectivity index (χ0v) is 17.5. The molecule has 1 aliphatic heterocycles. The molecule has 0 unspecified atom stereocenters. The van der Waals surface area contributed by atoms with Gasteiger partial charge >= 0.3 is 11.9 Å². The molecular weight excluding hydrogens is 416 g/mol. The van der Waals surface area contributed by atoms with Gasteiger partial charge in [-0.05, 0) is 49.4 Å². The maximum Gasteiger partial charge on any atom is 0.337 e. The smallest absolute Gasteiger partial charge is 0.337 e. The highest BCUT2D eigenvalue weighted by atomic mass is 32.2. The van der Waals surface area contributed by atoms with Crippen LogP contribution < -0.4 is 9.62 Å². The van der Waals surface area contributed by atoms with Gasteiger partial charge in [-0.15, -0.1) is 11.3 Å². The van der Waals surface area contributed by atoms with Gasteiger partial charge in [0.15, 0.2) is 0 Å². The highest BCUT2D eigenvalue weighted by molar-refractivity contribution is 7.94. The summed E-state index contributed by atoms with van der Waals surface area (Å²) in [6.07, 6.45) is 1.42. The molecule has 0 saturated carbocycles. The molecule has 3 rings (SSSR count). The van der Waals surface area contributed by atoms with Crippen molar-refractivity contribution >= 4 is 44.7 Å². The standard InChI is InChI=1S/C19H22N2O6S2/c1-2-27-19(24)13-5-3-9-21(12-13)16-8-7-14(11-15(16)18(22)23)20-29(25,26)17-6-4-10-28-17/h4,6-8,10-11,13,20H,2-3,5,9,12H2,1H3,(H,22,23)/t13-/m1/s1. The minimum absolute atomic E-state index is 0.0270. The Balaban J connectivity index is 1.85. The molecule has 0 spiro atoms. The zero-order chi connectivity index (χ0) is 21.0. The monoisotopic (exact) mass is 438 g/mol. The van der Waals surface area contributed by atoms with E-state index in [9.17, 15) is 23.1 Å². The minimum atomic E-state index is -3.78. The molecular formula is C19H22N2O6S2. The summed E-state index contributed by atoms with van der Waals surface area (Å²) in [6.45, 7) is 3.02. The van der Waals surface area contributed by atoms with Gasteiger partial charge in [0.1, 0.15) is 4.21 Å². The molecule has 2 aromatic rings. The van der Waals surface area contributed by atoms with Crippen molar-refractivity contribution < 1.29 is 27.9 Å². The minimum Gasteiger partial charge on any atom is -0.478 e. The Morgan fingerprint density at radius 2 is 2.14 bits per heavy atom. The lowest BCUT2D eigenvalue weighted by Crippen LogP contribution is -2.40. The van der Waals surface area contributed by atoms with Gasteiger partial charge in [0.2, 0.25) is 0 Å². The van der Waals surface area contributed by atoms with E-state index in [-0.39, 0.29) is 27.3 Å². The topological polar surface area (TPSA) is 113 Å². The summed E-state index contributed by atoms with van der Waals surface area (Å²) in [5.74, 6) is -1.77. The van der Waals surface area contributed by atoms with Crippen LogP contribution in [0.1, 0.15) is 30.1 Å². The SMILES string of the molecule is CCOC(=O)[C@@H]1CCCN(c2ccc(NS(=O)(=O)c3cccs3)cc2C(=O)O)C1. The summed E-state index contributed by atoms with van der Waals surface area (Å²) in [6, 6.07) is 7.50. The van der Waals surface area contributed by atoms with Crippen LogP contribution in [0.25, 0.3) is 0 Å². The van der Waals surface area contributed by atoms with Gasteiger partial charge in [0, 0.05) is 18.8 Å². The fraction of sp³-hybridized carbons (Fsp3) is 0.368. The van der Waals surface area contributed by atoms with Crippen LogP contribution in [-0.4, -0.2) is 45.2 Å². The molecule has 29 heavy (non-hydrogen) atoms. The number of sulfonamides is 1. The molecule has 10 heteroatoms. The lowest BCUT2D eigenvalue weighted by molar-refractivity contribution is -0.148. The Morgan fingerprint density at radius 3 is 2.79 bits per heavy atom. The van der Waals surface area contributed by atoms with Gasteiger partial charge in [-0.2, -0.15) is 0 Å². The van der Waals surface area contributed by atoms with Gasteiger partial charge in [0.25, 0.3) is 10.0 Å². The van der Waals surface area contributed by atoms with Crippen LogP contribution in [0.15, 0.2) is 39.9 Å². The Kier molecular flexibility index (Phi) is 6.43. The van der Waals surface area contributed by atoms with E-state index in [2.05, 4.69) is 4.72 Å². The van der Waals surface area contributed by atoms with E-state index in [0.717, 1.165) is 17.8 Å². The lowest BCUT2D eigenvalue weighted by atomic mass is 9.97. The predicted octanol–water partition coefficient (Wildman–Crippen LogP) is 3.03. The number of anilines is 2. The van der Waals surface area contributed by atoms with E-state index in [4.69, 9.17) is 4.74 Å². The van der Waals surface area contributed by atoms with Crippen molar-refractivity contribution in [1.29, 1.82) is 0 Å². The quantitative estimate of drug-likeness (QED) is 0.639. The predicted molar refractivity (Wildman–Crippen MR) is 110 cm³/mol. The number of rotatable bonds is 7. The average molecular weight is 439 g/mol. The Labute approximate surface area is 173 Å². The molecule has 2 heterocycles. The molecule has 0 amide bonds. The summed E-state index contributed by atoms with van der Waals surface area (Å²) < 4.78 is 32.5. The van der Waals surface area contributed by atoms with Crippen LogP contribution in [-0.2, 0) is 19.6 Å². The van der Waals surface area contributed by atoms with Crippen molar-refractivity contribution in [1.82, 2.24) is 0 Å². The molecule has 8 nitrogen and oxygen atoms in total. The summed E-state index contributed by atoms with van der Waals surface area (Å²) in [7, 11) is -3.78. The van der Waals surface area contributed by atoms with Crippen LogP contribution in [0.3, 0.4) is 0 Å². The average Bonchev–Trinajstić information content (AvgIpc) is 3.24. The van der Waals surface area contributed by atoms with Gasteiger partial charge in [-0.1, -0.05) is 6.07 Å². The van der Waals surface area contributed by atoms with Crippen molar-refractivity contribution in [2.24, 2.45) is 5.92 Å². The van der Waals surface area contributed by atoms with Gasteiger partial charge in [-0.25, -0.2) is 13.2 Å². The molecule has 1 atom stereocenters. The molecule has 1 aromatic carbocycles. The van der Waals surface area contributed by atoms with Crippen LogP contribution >= 0.6 is 11.3 Å². The van der Waals surface area contributed by atoms with E-state index >= 15 is 0 Å². The highest BCUT2D eigenvalue weighted by Gasteiger charge is 2.29. The number of benzene rings is 1. The van der Waals surface area contributed by atoms with Crippen molar-refractivity contribution in [3.8, 4) is 0 Å². The number of carboxylic acid groups (broad SMARTS) is 1. The summed E-state index contributed by atoms with van der Waals surface area (Å²) in [5.41, 5.74) is 0.588. The summed E-state index contributed by atoms with van der Waals surface area (Å²) in [5, 5.41) is 11.3. The number of carboxylic acids is 1. The lowest BCUT2D eigenvalue weighted by Gasteiger charge is -2.34. The molecule has 1 fully saturated rings. The van der Waals surface area contributed by atoms with Crippen molar-refractivity contribution in [3.63, 3.8) is 0 Å². The first-order valence-electron chi connectivity index (χ1n) is 9.17. The second-order valence-electron chi connectivity index (χ2n) is 6.61. The van der Waals surface area contributed by atoms with Crippen molar-refractivity contribution in [2.75, 3.05) is 29.3 Å². The third-order valence-electron chi connectivity index (χ3n) is 4.62. The second-order valence-corrected chi connectivity index (χ2v) is 9.47.